The molecule has 1 aromatic carbocycles. The molecule has 2 amide bonds. The Hall–Kier alpha value is -2.24. The van der Waals surface area contributed by atoms with Crippen LogP contribution in [-0.4, -0.2) is 61.5 Å². The number of aryl methyl sites for hydroxylation is 1. The number of hydrogen-bond donors (Lipinski definition) is 0. The smallest absolute Gasteiger partial charge is 0.223 e. The van der Waals surface area contributed by atoms with Gasteiger partial charge in [-0.3, -0.25) is 9.59 Å². The van der Waals surface area contributed by atoms with Crippen molar-refractivity contribution in [3.63, 3.8) is 0 Å². The van der Waals surface area contributed by atoms with Crippen molar-refractivity contribution in [1.82, 2.24) is 9.80 Å². The fourth-order valence-corrected chi connectivity index (χ4v) is 3.13. The molecule has 0 spiro atoms. The van der Waals surface area contributed by atoms with Crippen molar-refractivity contribution in [3.8, 4) is 11.5 Å². The Balaban J connectivity index is 1.83. The number of ether oxygens (including phenoxy) is 2. The minimum absolute atomic E-state index is 0.139. The van der Waals surface area contributed by atoms with Gasteiger partial charge in [0, 0.05) is 39.0 Å². The van der Waals surface area contributed by atoms with Gasteiger partial charge in [-0.2, -0.15) is 0 Å². The number of hydrogen-bond acceptors (Lipinski definition) is 4. The predicted octanol–water partition coefficient (Wildman–Crippen LogP) is 2.50. The lowest BCUT2D eigenvalue weighted by atomic mass is 10.1. The number of carbonyl (C=O) groups excluding carboxylic acids is 2. The van der Waals surface area contributed by atoms with Crippen molar-refractivity contribution in [2.45, 2.75) is 39.5 Å². The highest BCUT2D eigenvalue weighted by Gasteiger charge is 2.23. The molecule has 26 heavy (non-hydrogen) atoms. The van der Waals surface area contributed by atoms with E-state index in [1.165, 1.54) is 0 Å². The van der Waals surface area contributed by atoms with Crippen molar-refractivity contribution < 1.29 is 19.1 Å². The fraction of sp³-hybridized carbons (Fsp3) is 0.600. The zero-order valence-electron chi connectivity index (χ0n) is 16.1. The van der Waals surface area contributed by atoms with Gasteiger partial charge in [-0.15, -0.1) is 0 Å². The van der Waals surface area contributed by atoms with E-state index >= 15 is 0 Å². The van der Waals surface area contributed by atoms with Gasteiger partial charge >= 0.3 is 0 Å². The van der Waals surface area contributed by atoms with E-state index < -0.39 is 0 Å². The second-order valence-corrected chi connectivity index (χ2v) is 6.43. The summed E-state index contributed by atoms with van der Waals surface area (Å²) in [5, 5.41) is 0. The van der Waals surface area contributed by atoms with Crippen LogP contribution in [0.5, 0.6) is 11.5 Å². The van der Waals surface area contributed by atoms with Gasteiger partial charge in [0.05, 0.1) is 13.7 Å². The van der Waals surface area contributed by atoms with E-state index in [-0.39, 0.29) is 11.8 Å². The summed E-state index contributed by atoms with van der Waals surface area (Å²) in [6.07, 6.45) is 2.58. The second-order valence-electron chi connectivity index (χ2n) is 6.43. The molecule has 0 unspecified atom stereocenters. The van der Waals surface area contributed by atoms with Gasteiger partial charge in [0.2, 0.25) is 11.8 Å². The Morgan fingerprint density at radius 1 is 0.962 bits per heavy atom. The van der Waals surface area contributed by atoms with Gasteiger partial charge in [0.25, 0.3) is 0 Å². The minimum atomic E-state index is 0.139. The first-order chi connectivity index (χ1) is 12.6. The van der Waals surface area contributed by atoms with Crippen molar-refractivity contribution in [1.29, 1.82) is 0 Å². The lowest BCUT2D eigenvalue weighted by molar-refractivity contribution is -0.139. The number of carbonyl (C=O) groups is 2. The molecule has 1 heterocycles. The molecule has 0 N–H and O–H groups in total. The molecule has 0 bridgehead atoms. The molecule has 0 aliphatic carbocycles. The third kappa shape index (κ3) is 5.38. The zero-order chi connectivity index (χ0) is 18.9. The topological polar surface area (TPSA) is 59.1 Å². The summed E-state index contributed by atoms with van der Waals surface area (Å²) >= 11 is 0. The highest BCUT2D eigenvalue weighted by atomic mass is 16.5. The average molecular weight is 362 g/mol. The number of benzene rings is 1. The summed E-state index contributed by atoms with van der Waals surface area (Å²) in [6, 6.07) is 5.79. The maximum atomic E-state index is 12.5. The molecule has 0 atom stereocenters. The van der Waals surface area contributed by atoms with E-state index in [0.29, 0.717) is 57.8 Å². The number of amides is 2. The quantitative estimate of drug-likeness (QED) is 0.713. The first-order valence-electron chi connectivity index (χ1n) is 9.44. The SMILES string of the molecule is CCCC(=O)N1CCN(C(=O)CCc2ccc(OCC)c(OC)c2)CC1. The maximum Gasteiger partial charge on any atom is 0.223 e. The number of rotatable bonds is 8. The standard InChI is InChI=1S/C20H30N2O4/c1-4-6-19(23)21-11-13-22(14-12-21)20(24)10-8-16-7-9-17(26-5-2)18(15-16)25-3/h7,9,15H,4-6,8,10-14H2,1-3H3. The van der Waals surface area contributed by atoms with E-state index in [2.05, 4.69) is 0 Å². The van der Waals surface area contributed by atoms with Crippen LogP contribution in [0.15, 0.2) is 18.2 Å². The van der Waals surface area contributed by atoms with E-state index in [4.69, 9.17) is 9.47 Å². The first kappa shape index (κ1) is 20.1. The molecule has 6 nitrogen and oxygen atoms in total. The van der Waals surface area contributed by atoms with Crippen molar-refractivity contribution in [2.75, 3.05) is 39.9 Å². The van der Waals surface area contributed by atoms with Crippen LogP contribution in [0.4, 0.5) is 0 Å². The van der Waals surface area contributed by atoms with Gasteiger partial charge in [0.15, 0.2) is 11.5 Å². The van der Waals surface area contributed by atoms with Gasteiger partial charge in [0.1, 0.15) is 0 Å². The molecular formula is C20H30N2O4. The number of nitrogens with zero attached hydrogens (tertiary/aromatic N) is 2. The Morgan fingerprint density at radius 2 is 1.58 bits per heavy atom. The maximum absolute atomic E-state index is 12.5. The van der Waals surface area contributed by atoms with Crippen LogP contribution in [0, 0.1) is 0 Å². The van der Waals surface area contributed by atoms with E-state index in [9.17, 15) is 9.59 Å². The Labute approximate surface area is 156 Å². The molecule has 0 aromatic heterocycles. The predicted molar refractivity (Wildman–Crippen MR) is 101 cm³/mol. The van der Waals surface area contributed by atoms with E-state index in [1.54, 1.807) is 7.11 Å². The molecule has 6 heteroatoms. The van der Waals surface area contributed by atoms with Crippen LogP contribution < -0.4 is 9.47 Å². The van der Waals surface area contributed by atoms with Crippen LogP contribution >= 0.6 is 0 Å². The molecule has 2 rings (SSSR count). The van der Waals surface area contributed by atoms with Crippen LogP contribution in [0.3, 0.4) is 0 Å². The zero-order valence-corrected chi connectivity index (χ0v) is 16.1. The molecule has 0 saturated carbocycles. The number of piperazine rings is 1. The van der Waals surface area contributed by atoms with Crippen molar-refractivity contribution in [2.24, 2.45) is 0 Å². The van der Waals surface area contributed by atoms with Crippen LogP contribution in [0.2, 0.25) is 0 Å². The van der Waals surface area contributed by atoms with E-state index in [1.807, 2.05) is 41.8 Å². The molecule has 1 saturated heterocycles. The summed E-state index contributed by atoms with van der Waals surface area (Å²) < 4.78 is 10.9. The highest BCUT2D eigenvalue weighted by Crippen LogP contribution is 2.28. The summed E-state index contributed by atoms with van der Waals surface area (Å²) in [4.78, 5) is 28.1. The van der Waals surface area contributed by atoms with Crippen LogP contribution in [0.25, 0.3) is 0 Å². The first-order valence-corrected chi connectivity index (χ1v) is 9.44. The second kappa shape index (κ2) is 10.0. The molecule has 1 aliphatic rings. The van der Waals surface area contributed by atoms with Gasteiger partial charge in [-0.05, 0) is 37.5 Å². The summed E-state index contributed by atoms with van der Waals surface area (Å²) in [7, 11) is 1.62. The Morgan fingerprint density at radius 3 is 2.12 bits per heavy atom. The normalized spacial score (nSPS) is 14.3. The monoisotopic (exact) mass is 362 g/mol. The third-order valence-electron chi connectivity index (χ3n) is 4.60. The largest absolute Gasteiger partial charge is 0.493 e. The van der Waals surface area contributed by atoms with E-state index in [0.717, 1.165) is 17.7 Å². The third-order valence-corrected chi connectivity index (χ3v) is 4.60. The molecular weight excluding hydrogens is 332 g/mol. The summed E-state index contributed by atoms with van der Waals surface area (Å²) in [5.41, 5.74) is 1.05. The van der Waals surface area contributed by atoms with Crippen molar-refractivity contribution >= 4 is 11.8 Å². The molecule has 1 aromatic rings. The molecule has 1 fully saturated rings. The molecule has 1 aliphatic heterocycles. The van der Waals surface area contributed by atoms with Crippen LogP contribution in [-0.2, 0) is 16.0 Å². The molecule has 0 radical (unpaired) electrons. The number of methoxy groups -OCH3 is 1. The fourth-order valence-electron chi connectivity index (χ4n) is 3.13. The average Bonchev–Trinajstić information content (AvgIpc) is 2.67. The lowest BCUT2D eigenvalue weighted by Gasteiger charge is -2.35. The van der Waals surface area contributed by atoms with Gasteiger partial charge < -0.3 is 19.3 Å². The van der Waals surface area contributed by atoms with Gasteiger partial charge in [-0.25, -0.2) is 0 Å². The molecule has 144 valence electrons. The summed E-state index contributed by atoms with van der Waals surface area (Å²) in [5.74, 6) is 1.75. The van der Waals surface area contributed by atoms with Gasteiger partial charge in [-0.1, -0.05) is 13.0 Å². The lowest BCUT2D eigenvalue weighted by Crippen LogP contribution is -2.50. The van der Waals surface area contributed by atoms with Crippen molar-refractivity contribution in [3.05, 3.63) is 23.8 Å². The Bertz CT molecular complexity index is 610. The summed E-state index contributed by atoms with van der Waals surface area (Å²) in [6.45, 7) is 7.06. The highest BCUT2D eigenvalue weighted by molar-refractivity contribution is 5.78. The Kier molecular flexibility index (Phi) is 7.75. The van der Waals surface area contributed by atoms with Crippen LogP contribution in [0.1, 0.15) is 38.7 Å². The minimum Gasteiger partial charge on any atom is -0.493 e.